The summed E-state index contributed by atoms with van der Waals surface area (Å²) in [5.41, 5.74) is -1.38. The zero-order valence-corrected chi connectivity index (χ0v) is 11.1. The number of sulfonamides is 1. The molecule has 0 aliphatic carbocycles. The van der Waals surface area contributed by atoms with Crippen molar-refractivity contribution in [3.63, 3.8) is 0 Å². The maximum atomic E-state index is 13.9. The van der Waals surface area contributed by atoms with E-state index in [1.54, 1.807) is 4.72 Å². The second kappa shape index (κ2) is 5.09. The van der Waals surface area contributed by atoms with Gasteiger partial charge in [0.25, 0.3) is 10.0 Å². The summed E-state index contributed by atoms with van der Waals surface area (Å²) in [5.74, 6) is -4.94. The monoisotopic (exact) mass is 319 g/mol. The molecular formula is C10H7F2N3O5S. The van der Waals surface area contributed by atoms with E-state index in [2.05, 4.69) is 14.7 Å². The number of aromatic carboxylic acids is 1. The van der Waals surface area contributed by atoms with Crippen molar-refractivity contribution in [2.45, 2.75) is 11.8 Å². The Morgan fingerprint density at radius 2 is 2.05 bits per heavy atom. The van der Waals surface area contributed by atoms with Gasteiger partial charge in [0.2, 0.25) is 0 Å². The number of carbonyl (C=O) groups is 1. The van der Waals surface area contributed by atoms with E-state index in [1.807, 2.05) is 0 Å². The van der Waals surface area contributed by atoms with Gasteiger partial charge in [0, 0.05) is 0 Å². The number of nitrogens with one attached hydrogen (secondary N) is 1. The lowest BCUT2D eigenvalue weighted by atomic mass is 10.2. The summed E-state index contributed by atoms with van der Waals surface area (Å²) in [6.07, 6.45) is 0. The molecular weight excluding hydrogens is 312 g/mol. The van der Waals surface area contributed by atoms with E-state index in [0.29, 0.717) is 12.1 Å². The molecule has 0 saturated carbocycles. The Kier molecular flexibility index (Phi) is 3.60. The van der Waals surface area contributed by atoms with Crippen LogP contribution in [0, 0.1) is 18.6 Å². The van der Waals surface area contributed by atoms with Crippen LogP contribution in [0.4, 0.5) is 14.8 Å². The normalized spacial score (nSPS) is 11.4. The van der Waals surface area contributed by atoms with Crippen LogP contribution in [0.2, 0.25) is 0 Å². The van der Waals surface area contributed by atoms with Crippen LogP contribution in [0.3, 0.4) is 0 Å². The molecule has 8 nitrogen and oxygen atoms in total. The van der Waals surface area contributed by atoms with Gasteiger partial charge in [0.05, 0.1) is 0 Å². The van der Waals surface area contributed by atoms with Gasteiger partial charge < -0.3 is 9.63 Å². The molecule has 0 atom stereocenters. The lowest BCUT2D eigenvalue weighted by Crippen LogP contribution is -2.17. The van der Waals surface area contributed by atoms with Gasteiger partial charge in [-0.15, -0.1) is 0 Å². The second-order valence-electron chi connectivity index (χ2n) is 3.79. The van der Waals surface area contributed by atoms with Crippen LogP contribution in [0.1, 0.15) is 16.2 Å². The summed E-state index contributed by atoms with van der Waals surface area (Å²) in [4.78, 5) is 13.2. The fourth-order valence-corrected chi connectivity index (χ4v) is 2.45. The number of anilines is 1. The Hall–Kier alpha value is -2.56. The predicted octanol–water partition coefficient (Wildman–Crippen LogP) is 1.16. The molecule has 2 aromatic rings. The number of benzene rings is 1. The van der Waals surface area contributed by atoms with Gasteiger partial charge in [0.1, 0.15) is 16.3 Å². The molecule has 0 aliphatic rings. The number of nitrogens with zero attached hydrogens (tertiary/aromatic N) is 2. The number of halogens is 2. The molecule has 1 aromatic carbocycles. The van der Waals surface area contributed by atoms with Crippen molar-refractivity contribution in [1.29, 1.82) is 0 Å². The van der Waals surface area contributed by atoms with Crippen LogP contribution in [-0.4, -0.2) is 29.6 Å². The fraction of sp³-hybridized carbons (Fsp3) is 0.100. The van der Waals surface area contributed by atoms with E-state index in [-0.39, 0.29) is 5.82 Å². The van der Waals surface area contributed by atoms with Crippen molar-refractivity contribution >= 4 is 22.0 Å². The third-order valence-corrected chi connectivity index (χ3v) is 3.65. The van der Waals surface area contributed by atoms with E-state index < -0.39 is 44.1 Å². The first-order valence-electron chi connectivity index (χ1n) is 5.27. The molecule has 0 radical (unpaired) electrons. The van der Waals surface area contributed by atoms with E-state index in [1.165, 1.54) is 6.92 Å². The van der Waals surface area contributed by atoms with Gasteiger partial charge in [-0.25, -0.2) is 26.7 Å². The van der Waals surface area contributed by atoms with E-state index in [0.717, 1.165) is 0 Å². The predicted molar refractivity (Wildman–Crippen MR) is 63.2 cm³/mol. The summed E-state index contributed by atoms with van der Waals surface area (Å²) in [6.45, 7) is 1.42. The first kappa shape index (κ1) is 14.8. The third-order valence-electron chi connectivity index (χ3n) is 2.31. The molecule has 1 heterocycles. The SMILES string of the molecule is Cc1noc(NS(=O)(=O)c2ccc(F)c(C(=O)O)c2F)n1. The minimum absolute atomic E-state index is 0.124. The summed E-state index contributed by atoms with van der Waals surface area (Å²) in [6, 6.07) is 0.580. The van der Waals surface area contributed by atoms with Gasteiger partial charge in [0.15, 0.2) is 11.6 Å². The lowest BCUT2D eigenvalue weighted by Gasteiger charge is -2.07. The quantitative estimate of drug-likeness (QED) is 0.866. The molecule has 2 rings (SSSR count). The van der Waals surface area contributed by atoms with Crippen molar-refractivity contribution in [3.05, 3.63) is 35.2 Å². The molecule has 0 saturated heterocycles. The summed E-state index contributed by atoms with van der Waals surface area (Å²) < 4.78 is 57.2. The Bertz CT molecular complexity index is 818. The van der Waals surface area contributed by atoms with Crippen LogP contribution in [0.25, 0.3) is 0 Å². The molecule has 112 valence electrons. The number of aromatic nitrogens is 2. The Morgan fingerprint density at radius 1 is 1.38 bits per heavy atom. The van der Waals surface area contributed by atoms with Crippen molar-refractivity contribution in [3.8, 4) is 0 Å². The van der Waals surface area contributed by atoms with Gasteiger partial charge in [-0.05, 0) is 19.1 Å². The Labute approximate surface area is 116 Å². The molecule has 0 aliphatic heterocycles. The van der Waals surface area contributed by atoms with Gasteiger partial charge in [-0.3, -0.25) is 0 Å². The number of aryl methyl sites for hydroxylation is 1. The van der Waals surface area contributed by atoms with Gasteiger partial charge >= 0.3 is 12.0 Å². The zero-order chi connectivity index (χ0) is 15.8. The number of carboxylic acid groups (broad SMARTS) is 1. The number of carboxylic acids is 1. The lowest BCUT2D eigenvalue weighted by molar-refractivity contribution is 0.0685. The molecule has 0 unspecified atom stereocenters. The zero-order valence-electron chi connectivity index (χ0n) is 10.3. The highest BCUT2D eigenvalue weighted by Gasteiger charge is 2.28. The van der Waals surface area contributed by atoms with Crippen LogP contribution >= 0.6 is 0 Å². The van der Waals surface area contributed by atoms with E-state index in [4.69, 9.17) is 5.11 Å². The number of hydrogen-bond acceptors (Lipinski definition) is 6. The molecule has 11 heteroatoms. The van der Waals surface area contributed by atoms with Crippen molar-refractivity contribution in [2.24, 2.45) is 0 Å². The van der Waals surface area contributed by atoms with Gasteiger partial charge in [-0.2, -0.15) is 4.98 Å². The molecule has 0 amide bonds. The number of rotatable bonds is 4. The highest BCUT2D eigenvalue weighted by atomic mass is 32.2. The molecule has 0 bridgehead atoms. The molecule has 0 fully saturated rings. The van der Waals surface area contributed by atoms with Crippen LogP contribution in [0.15, 0.2) is 21.6 Å². The van der Waals surface area contributed by atoms with Crippen LogP contribution in [-0.2, 0) is 10.0 Å². The van der Waals surface area contributed by atoms with Crippen molar-refractivity contribution in [2.75, 3.05) is 4.72 Å². The average Bonchev–Trinajstić information content (AvgIpc) is 2.72. The summed E-state index contributed by atoms with van der Waals surface area (Å²) in [5, 5.41) is 12.0. The third kappa shape index (κ3) is 2.81. The standard InChI is InChI=1S/C10H7F2N3O5S/c1-4-13-10(20-14-4)15-21(18,19)6-3-2-5(11)7(8(6)12)9(16)17/h2-3H,1H3,(H,16,17)(H,13,14,15). The van der Waals surface area contributed by atoms with Gasteiger partial charge in [-0.1, -0.05) is 5.16 Å². The molecule has 0 spiro atoms. The van der Waals surface area contributed by atoms with E-state index >= 15 is 0 Å². The average molecular weight is 319 g/mol. The highest BCUT2D eigenvalue weighted by molar-refractivity contribution is 7.92. The largest absolute Gasteiger partial charge is 0.477 e. The molecule has 2 N–H and O–H groups in total. The summed E-state index contributed by atoms with van der Waals surface area (Å²) >= 11 is 0. The maximum absolute atomic E-state index is 13.9. The first-order valence-corrected chi connectivity index (χ1v) is 6.75. The smallest absolute Gasteiger partial charge is 0.341 e. The fourth-order valence-electron chi connectivity index (χ4n) is 1.45. The Morgan fingerprint density at radius 3 is 2.57 bits per heavy atom. The Balaban J connectivity index is 2.50. The van der Waals surface area contributed by atoms with E-state index in [9.17, 15) is 22.0 Å². The highest BCUT2D eigenvalue weighted by Crippen LogP contribution is 2.23. The van der Waals surface area contributed by atoms with Crippen LogP contribution in [0.5, 0.6) is 0 Å². The van der Waals surface area contributed by atoms with Crippen LogP contribution < -0.4 is 4.72 Å². The van der Waals surface area contributed by atoms with Crippen molar-refractivity contribution < 1.29 is 31.6 Å². The first-order chi connectivity index (χ1) is 9.72. The maximum Gasteiger partial charge on any atom is 0.341 e. The molecule has 1 aromatic heterocycles. The number of hydrogen-bond donors (Lipinski definition) is 2. The topological polar surface area (TPSA) is 122 Å². The summed E-state index contributed by atoms with van der Waals surface area (Å²) in [7, 11) is -4.55. The minimum atomic E-state index is -4.55. The van der Waals surface area contributed by atoms with Crippen molar-refractivity contribution in [1.82, 2.24) is 10.1 Å². The molecule has 21 heavy (non-hydrogen) atoms. The minimum Gasteiger partial charge on any atom is -0.477 e. The second-order valence-corrected chi connectivity index (χ2v) is 5.44.